The lowest BCUT2D eigenvalue weighted by Gasteiger charge is -2.21. The molecule has 0 aliphatic rings. The Morgan fingerprint density at radius 3 is 2.61 bits per heavy atom. The van der Waals surface area contributed by atoms with Crippen molar-refractivity contribution in [1.82, 2.24) is 9.88 Å². The van der Waals surface area contributed by atoms with Crippen molar-refractivity contribution in [3.05, 3.63) is 66.2 Å². The van der Waals surface area contributed by atoms with Crippen molar-refractivity contribution < 1.29 is 9.53 Å². The summed E-state index contributed by atoms with van der Waals surface area (Å²) in [6.07, 6.45) is 1.23. The summed E-state index contributed by atoms with van der Waals surface area (Å²) in [6.45, 7) is 4.15. The van der Waals surface area contributed by atoms with Crippen molar-refractivity contribution in [3.63, 3.8) is 0 Å². The van der Waals surface area contributed by atoms with E-state index in [9.17, 15) is 4.79 Å². The number of nitrogens with zero attached hydrogens (tertiary/aromatic N) is 3. The number of fused-ring (bicyclic) bond motifs is 2. The lowest BCUT2D eigenvalue weighted by Crippen LogP contribution is -2.34. The summed E-state index contributed by atoms with van der Waals surface area (Å²) in [7, 11) is 4.10. The van der Waals surface area contributed by atoms with Gasteiger partial charge in [0, 0.05) is 6.54 Å². The standard InChI is InChI=1S/C26H29N3O2S.ClH/c1-4-31-21-13-14-23-24(18-21)32-26(27-23)29(16-8-15-28(2)3)25(30)17-20-11-7-10-19-9-5-6-12-22(19)20;/h5-7,9-14,18H,4,8,15-17H2,1-3H3;1H. The van der Waals surface area contributed by atoms with Crippen molar-refractivity contribution in [2.24, 2.45) is 0 Å². The third-order valence-electron chi connectivity index (χ3n) is 5.40. The van der Waals surface area contributed by atoms with Crippen molar-refractivity contribution in [3.8, 4) is 5.75 Å². The normalized spacial score (nSPS) is 11.0. The molecule has 0 atom stereocenters. The van der Waals surface area contributed by atoms with E-state index in [0.29, 0.717) is 19.6 Å². The molecule has 4 rings (SSSR count). The molecule has 174 valence electrons. The fraction of sp³-hybridized carbons (Fsp3) is 0.308. The minimum absolute atomic E-state index is 0. The number of anilines is 1. The Morgan fingerprint density at radius 1 is 1.03 bits per heavy atom. The van der Waals surface area contributed by atoms with Gasteiger partial charge in [-0.15, -0.1) is 12.4 Å². The Balaban J connectivity index is 0.00000306. The summed E-state index contributed by atoms with van der Waals surface area (Å²) in [5, 5.41) is 3.03. The molecule has 0 fully saturated rings. The fourth-order valence-electron chi connectivity index (χ4n) is 3.84. The number of amides is 1. The molecule has 0 saturated heterocycles. The van der Waals surface area contributed by atoms with E-state index in [0.717, 1.165) is 50.4 Å². The fourth-order valence-corrected chi connectivity index (χ4v) is 4.88. The van der Waals surface area contributed by atoms with Gasteiger partial charge in [0.2, 0.25) is 5.91 Å². The number of hydrogen-bond acceptors (Lipinski definition) is 5. The van der Waals surface area contributed by atoms with Gasteiger partial charge in [0.15, 0.2) is 5.13 Å². The van der Waals surface area contributed by atoms with Crippen LogP contribution in [0.1, 0.15) is 18.9 Å². The summed E-state index contributed by atoms with van der Waals surface area (Å²) in [6, 6.07) is 20.3. The van der Waals surface area contributed by atoms with E-state index in [1.807, 2.05) is 54.3 Å². The minimum Gasteiger partial charge on any atom is -0.494 e. The second kappa shape index (κ2) is 11.5. The van der Waals surface area contributed by atoms with Gasteiger partial charge in [-0.3, -0.25) is 9.69 Å². The number of halogens is 1. The quantitative estimate of drug-likeness (QED) is 0.302. The van der Waals surface area contributed by atoms with Crippen LogP contribution in [0.3, 0.4) is 0 Å². The molecule has 4 aromatic rings. The van der Waals surface area contributed by atoms with Crippen LogP contribution in [0.25, 0.3) is 21.0 Å². The lowest BCUT2D eigenvalue weighted by molar-refractivity contribution is -0.118. The van der Waals surface area contributed by atoms with Crippen molar-refractivity contribution in [1.29, 1.82) is 0 Å². The van der Waals surface area contributed by atoms with Crippen LogP contribution in [0.5, 0.6) is 5.75 Å². The minimum atomic E-state index is 0. The maximum Gasteiger partial charge on any atom is 0.233 e. The Morgan fingerprint density at radius 2 is 1.82 bits per heavy atom. The summed E-state index contributed by atoms with van der Waals surface area (Å²) < 4.78 is 6.66. The number of ether oxygens (including phenoxy) is 1. The first-order valence-electron chi connectivity index (χ1n) is 11.0. The van der Waals surface area contributed by atoms with Crippen LogP contribution < -0.4 is 9.64 Å². The zero-order valence-electron chi connectivity index (χ0n) is 19.3. The third kappa shape index (κ3) is 6.02. The molecule has 7 heteroatoms. The molecule has 3 aromatic carbocycles. The summed E-state index contributed by atoms with van der Waals surface area (Å²) in [5.74, 6) is 0.903. The Labute approximate surface area is 205 Å². The van der Waals surface area contributed by atoms with Gasteiger partial charge >= 0.3 is 0 Å². The molecule has 0 N–H and O–H groups in total. The molecule has 0 unspecified atom stereocenters. The first-order chi connectivity index (χ1) is 15.5. The number of benzene rings is 3. The number of hydrogen-bond donors (Lipinski definition) is 0. The molecule has 0 aliphatic heterocycles. The molecule has 0 radical (unpaired) electrons. The van der Waals surface area contributed by atoms with Gasteiger partial charge < -0.3 is 9.64 Å². The maximum atomic E-state index is 13.5. The van der Waals surface area contributed by atoms with Crippen LogP contribution in [0, 0.1) is 0 Å². The van der Waals surface area contributed by atoms with E-state index in [1.165, 1.54) is 0 Å². The van der Waals surface area contributed by atoms with Gasteiger partial charge in [-0.05, 0) is 68.5 Å². The van der Waals surface area contributed by atoms with Crippen LogP contribution in [0.4, 0.5) is 5.13 Å². The zero-order valence-corrected chi connectivity index (χ0v) is 20.9. The lowest BCUT2D eigenvalue weighted by atomic mass is 10.0. The largest absolute Gasteiger partial charge is 0.494 e. The molecule has 0 spiro atoms. The maximum absolute atomic E-state index is 13.5. The summed E-state index contributed by atoms with van der Waals surface area (Å²) in [5.41, 5.74) is 1.94. The van der Waals surface area contributed by atoms with Crippen LogP contribution in [-0.2, 0) is 11.2 Å². The van der Waals surface area contributed by atoms with Gasteiger partial charge in [0.05, 0.1) is 23.2 Å². The second-order valence-electron chi connectivity index (χ2n) is 8.08. The van der Waals surface area contributed by atoms with E-state index < -0.39 is 0 Å². The topological polar surface area (TPSA) is 45.7 Å². The highest BCUT2D eigenvalue weighted by atomic mass is 35.5. The first kappa shape index (κ1) is 25.0. The third-order valence-corrected chi connectivity index (χ3v) is 6.44. The Kier molecular flexibility index (Phi) is 8.67. The molecular formula is C26H30ClN3O2S. The Hall–Kier alpha value is -2.67. The average molecular weight is 484 g/mol. The number of carbonyl (C=O) groups is 1. The van der Waals surface area contributed by atoms with Gasteiger partial charge in [-0.1, -0.05) is 53.8 Å². The van der Waals surface area contributed by atoms with E-state index in [1.54, 1.807) is 11.3 Å². The molecular weight excluding hydrogens is 454 g/mol. The monoisotopic (exact) mass is 483 g/mol. The number of aromatic nitrogens is 1. The molecule has 0 aliphatic carbocycles. The molecule has 5 nitrogen and oxygen atoms in total. The van der Waals surface area contributed by atoms with E-state index in [2.05, 4.69) is 37.2 Å². The molecule has 1 aromatic heterocycles. The molecule has 0 saturated carbocycles. The predicted molar refractivity (Wildman–Crippen MR) is 141 cm³/mol. The smallest absolute Gasteiger partial charge is 0.233 e. The predicted octanol–water partition coefficient (Wildman–Crippen LogP) is 5.80. The molecule has 0 bridgehead atoms. The average Bonchev–Trinajstić information content (AvgIpc) is 3.20. The van der Waals surface area contributed by atoms with Crippen molar-refractivity contribution >= 4 is 55.8 Å². The highest BCUT2D eigenvalue weighted by molar-refractivity contribution is 7.22. The Bertz CT molecular complexity index is 1220. The van der Waals surface area contributed by atoms with Crippen LogP contribution in [-0.4, -0.2) is 49.6 Å². The highest BCUT2D eigenvalue weighted by Gasteiger charge is 2.21. The molecule has 1 heterocycles. The van der Waals surface area contributed by atoms with Crippen LogP contribution >= 0.6 is 23.7 Å². The zero-order chi connectivity index (χ0) is 22.5. The number of rotatable bonds is 9. The van der Waals surface area contributed by atoms with Gasteiger partial charge in [-0.25, -0.2) is 4.98 Å². The second-order valence-corrected chi connectivity index (χ2v) is 9.09. The van der Waals surface area contributed by atoms with E-state index in [4.69, 9.17) is 9.72 Å². The van der Waals surface area contributed by atoms with Crippen LogP contribution in [0.2, 0.25) is 0 Å². The number of thiazole rings is 1. The summed E-state index contributed by atoms with van der Waals surface area (Å²) >= 11 is 1.55. The van der Waals surface area contributed by atoms with Crippen LogP contribution in [0.15, 0.2) is 60.7 Å². The van der Waals surface area contributed by atoms with Gasteiger partial charge in [0.25, 0.3) is 0 Å². The SMILES string of the molecule is CCOc1ccc2nc(N(CCCN(C)C)C(=O)Cc3cccc4ccccc34)sc2c1.Cl. The first-order valence-corrected chi connectivity index (χ1v) is 11.8. The van der Waals surface area contributed by atoms with Gasteiger partial charge in [-0.2, -0.15) is 0 Å². The number of carbonyl (C=O) groups excluding carboxylic acids is 1. The van der Waals surface area contributed by atoms with E-state index in [-0.39, 0.29) is 18.3 Å². The van der Waals surface area contributed by atoms with Crippen molar-refractivity contribution in [2.45, 2.75) is 19.8 Å². The molecule has 33 heavy (non-hydrogen) atoms. The van der Waals surface area contributed by atoms with Crippen molar-refractivity contribution in [2.75, 3.05) is 38.7 Å². The highest BCUT2D eigenvalue weighted by Crippen LogP contribution is 2.32. The summed E-state index contributed by atoms with van der Waals surface area (Å²) in [4.78, 5) is 22.3. The van der Waals surface area contributed by atoms with E-state index >= 15 is 0 Å². The van der Waals surface area contributed by atoms with Gasteiger partial charge in [0.1, 0.15) is 5.75 Å². The molecule has 1 amide bonds.